The van der Waals surface area contributed by atoms with Crippen LogP contribution < -0.4 is 5.73 Å². The zero-order valence-electron chi connectivity index (χ0n) is 9.83. The Bertz CT molecular complexity index is 655. The average molecular weight is 237 g/mol. The molecule has 0 spiro atoms. The first kappa shape index (κ1) is 11.8. The maximum absolute atomic E-state index is 9.12. The lowest BCUT2D eigenvalue weighted by Gasteiger charge is -2.13. The van der Waals surface area contributed by atoms with Gasteiger partial charge in [-0.3, -0.25) is 4.57 Å². The van der Waals surface area contributed by atoms with E-state index in [2.05, 4.69) is 4.98 Å². The van der Waals surface area contributed by atoms with Crippen LogP contribution in [0.5, 0.6) is 0 Å². The number of nitriles is 2. The minimum absolute atomic E-state index is 0.122. The highest BCUT2D eigenvalue weighted by atomic mass is 15.1. The predicted octanol–water partition coefficient (Wildman–Crippen LogP) is 1.64. The molecule has 5 nitrogen and oxygen atoms in total. The van der Waals surface area contributed by atoms with Crippen molar-refractivity contribution in [1.29, 1.82) is 10.5 Å². The van der Waals surface area contributed by atoms with Crippen molar-refractivity contribution in [3.63, 3.8) is 0 Å². The van der Waals surface area contributed by atoms with E-state index in [0.717, 1.165) is 11.3 Å². The topological polar surface area (TPSA) is 91.4 Å². The summed E-state index contributed by atoms with van der Waals surface area (Å²) in [6.07, 6.45) is 1.47. The maximum Gasteiger partial charge on any atom is 0.177 e. The van der Waals surface area contributed by atoms with Crippen LogP contribution in [0, 0.1) is 22.7 Å². The molecular weight excluding hydrogens is 226 g/mol. The van der Waals surface area contributed by atoms with Crippen LogP contribution in [0.3, 0.4) is 0 Å². The molecule has 2 rings (SSSR count). The summed E-state index contributed by atoms with van der Waals surface area (Å²) in [7, 11) is 0. The first-order valence-electron chi connectivity index (χ1n) is 5.41. The minimum atomic E-state index is -0.166. The van der Waals surface area contributed by atoms with Crippen LogP contribution in [0.4, 0.5) is 0 Å². The Morgan fingerprint density at radius 3 is 2.61 bits per heavy atom. The Balaban J connectivity index is 2.68. The molecular formula is C13H11N5. The van der Waals surface area contributed by atoms with Gasteiger partial charge in [0.05, 0.1) is 5.69 Å². The van der Waals surface area contributed by atoms with Crippen molar-refractivity contribution in [3.8, 4) is 17.8 Å². The van der Waals surface area contributed by atoms with Crippen LogP contribution in [-0.2, 0) is 0 Å². The van der Waals surface area contributed by atoms with Gasteiger partial charge in [-0.1, -0.05) is 18.2 Å². The maximum atomic E-state index is 9.12. The van der Waals surface area contributed by atoms with Crippen molar-refractivity contribution in [3.05, 3.63) is 47.5 Å². The lowest BCUT2D eigenvalue weighted by Crippen LogP contribution is -2.10. The number of para-hydroxylation sites is 1. The molecule has 1 heterocycles. The normalized spacial score (nSPS) is 11.6. The van der Waals surface area contributed by atoms with E-state index in [-0.39, 0.29) is 17.4 Å². The van der Waals surface area contributed by atoms with Crippen LogP contribution in [0.1, 0.15) is 29.9 Å². The highest BCUT2D eigenvalue weighted by Crippen LogP contribution is 2.22. The molecule has 2 aromatic rings. The van der Waals surface area contributed by atoms with Gasteiger partial charge in [-0.05, 0) is 18.6 Å². The van der Waals surface area contributed by atoms with Gasteiger partial charge in [0.25, 0.3) is 0 Å². The highest BCUT2D eigenvalue weighted by Gasteiger charge is 2.15. The molecule has 0 radical (unpaired) electrons. The highest BCUT2D eigenvalue weighted by molar-refractivity contribution is 5.49. The van der Waals surface area contributed by atoms with Gasteiger partial charge in [0.15, 0.2) is 11.4 Å². The van der Waals surface area contributed by atoms with Gasteiger partial charge in [-0.15, -0.1) is 0 Å². The van der Waals surface area contributed by atoms with Crippen LogP contribution in [-0.4, -0.2) is 9.55 Å². The number of imidazole rings is 1. The summed E-state index contributed by atoms with van der Waals surface area (Å²) in [5.41, 5.74) is 7.93. The third kappa shape index (κ3) is 1.84. The van der Waals surface area contributed by atoms with Crippen molar-refractivity contribution in [1.82, 2.24) is 9.55 Å². The molecule has 2 N–H and O–H groups in total. The zero-order valence-corrected chi connectivity index (χ0v) is 9.83. The predicted molar refractivity (Wildman–Crippen MR) is 65.6 cm³/mol. The fraction of sp³-hybridized carbons (Fsp3) is 0.154. The number of nitrogens with two attached hydrogens (primary N) is 1. The number of benzene rings is 1. The second-order valence-corrected chi connectivity index (χ2v) is 3.88. The molecule has 0 bridgehead atoms. The summed E-state index contributed by atoms with van der Waals surface area (Å²) in [4.78, 5) is 3.92. The van der Waals surface area contributed by atoms with Gasteiger partial charge >= 0.3 is 0 Å². The summed E-state index contributed by atoms with van der Waals surface area (Å²) < 4.78 is 1.59. The van der Waals surface area contributed by atoms with Crippen molar-refractivity contribution >= 4 is 0 Å². The average Bonchev–Trinajstić information content (AvgIpc) is 2.81. The standard InChI is InChI=1S/C13H11N5/c1-9(16)10-4-2-3-5-12(10)18-8-17-11(6-14)13(18)7-15/h2-5,8-9H,16H2,1H3/t9-/m0/s1. The zero-order chi connectivity index (χ0) is 13.1. The summed E-state index contributed by atoms with van der Waals surface area (Å²) in [5, 5.41) is 18.0. The summed E-state index contributed by atoms with van der Waals surface area (Å²) in [5.74, 6) is 0. The molecule has 0 aliphatic rings. The van der Waals surface area contributed by atoms with Gasteiger partial charge in [0.2, 0.25) is 0 Å². The van der Waals surface area contributed by atoms with E-state index in [1.807, 2.05) is 43.3 Å². The van der Waals surface area contributed by atoms with E-state index in [9.17, 15) is 0 Å². The van der Waals surface area contributed by atoms with Crippen molar-refractivity contribution in [2.45, 2.75) is 13.0 Å². The first-order valence-corrected chi connectivity index (χ1v) is 5.41. The van der Waals surface area contributed by atoms with Crippen LogP contribution >= 0.6 is 0 Å². The fourth-order valence-corrected chi connectivity index (χ4v) is 1.81. The Labute approximate surface area is 105 Å². The Morgan fingerprint density at radius 1 is 1.28 bits per heavy atom. The molecule has 5 heteroatoms. The third-order valence-electron chi connectivity index (χ3n) is 2.67. The van der Waals surface area contributed by atoms with Crippen molar-refractivity contribution in [2.75, 3.05) is 0 Å². The molecule has 88 valence electrons. The number of rotatable bonds is 2. The van der Waals surface area contributed by atoms with E-state index in [4.69, 9.17) is 16.3 Å². The molecule has 1 aromatic carbocycles. The SMILES string of the molecule is C[C@H](N)c1ccccc1-n1cnc(C#N)c1C#N. The minimum Gasteiger partial charge on any atom is -0.324 e. The Kier molecular flexibility index (Phi) is 3.09. The van der Waals surface area contributed by atoms with Gasteiger partial charge in [0, 0.05) is 6.04 Å². The number of hydrogen-bond acceptors (Lipinski definition) is 4. The van der Waals surface area contributed by atoms with Gasteiger partial charge in [0.1, 0.15) is 18.5 Å². The lowest BCUT2D eigenvalue weighted by atomic mass is 10.1. The molecule has 0 saturated heterocycles. The lowest BCUT2D eigenvalue weighted by molar-refractivity contribution is 0.802. The van der Waals surface area contributed by atoms with E-state index >= 15 is 0 Å². The van der Waals surface area contributed by atoms with Gasteiger partial charge in [-0.25, -0.2) is 4.98 Å². The van der Waals surface area contributed by atoms with E-state index in [1.165, 1.54) is 6.33 Å². The van der Waals surface area contributed by atoms with Gasteiger partial charge in [-0.2, -0.15) is 10.5 Å². The summed E-state index contributed by atoms with van der Waals surface area (Å²) in [6.45, 7) is 1.87. The summed E-state index contributed by atoms with van der Waals surface area (Å²) >= 11 is 0. The molecule has 18 heavy (non-hydrogen) atoms. The first-order chi connectivity index (χ1) is 8.69. The molecule has 0 amide bonds. The van der Waals surface area contributed by atoms with Crippen molar-refractivity contribution in [2.24, 2.45) is 5.73 Å². The summed E-state index contributed by atoms with van der Waals surface area (Å²) in [6, 6.07) is 11.2. The quantitative estimate of drug-likeness (QED) is 0.859. The molecule has 0 aliphatic heterocycles. The molecule has 1 atom stereocenters. The molecule has 1 aromatic heterocycles. The van der Waals surface area contributed by atoms with Crippen LogP contribution in [0.15, 0.2) is 30.6 Å². The largest absolute Gasteiger partial charge is 0.324 e. The van der Waals surface area contributed by atoms with Crippen LogP contribution in [0.25, 0.3) is 5.69 Å². The number of nitrogens with zero attached hydrogens (tertiary/aromatic N) is 4. The monoisotopic (exact) mass is 237 g/mol. The third-order valence-corrected chi connectivity index (χ3v) is 2.67. The van der Waals surface area contributed by atoms with Crippen LogP contribution in [0.2, 0.25) is 0 Å². The molecule has 0 saturated carbocycles. The Morgan fingerprint density at radius 2 is 2.00 bits per heavy atom. The second-order valence-electron chi connectivity index (χ2n) is 3.88. The second kappa shape index (κ2) is 4.70. The number of hydrogen-bond donors (Lipinski definition) is 1. The van der Waals surface area contributed by atoms with Gasteiger partial charge < -0.3 is 5.73 Å². The fourth-order valence-electron chi connectivity index (χ4n) is 1.81. The molecule has 0 unspecified atom stereocenters. The van der Waals surface area contributed by atoms with E-state index in [1.54, 1.807) is 4.57 Å². The van der Waals surface area contributed by atoms with Crippen molar-refractivity contribution < 1.29 is 0 Å². The molecule has 0 aliphatic carbocycles. The van der Waals surface area contributed by atoms with E-state index < -0.39 is 0 Å². The smallest absolute Gasteiger partial charge is 0.177 e. The molecule has 0 fully saturated rings. The number of aromatic nitrogens is 2. The van der Waals surface area contributed by atoms with E-state index in [0.29, 0.717) is 0 Å². The Hall–Kier alpha value is -2.63.